The molecule has 20 heavy (non-hydrogen) atoms. The molecule has 0 radical (unpaired) electrons. The number of aromatic nitrogens is 6. The van der Waals surface area contributed by atoms with Crippen molar-refractivity contribution in [3.63, 3.8) is 0 Å². The molecule has 7 nitrogen and oxygen atoms in total. The minimum Gasteiger partial charge on any atom is -0.301 e. The average Bonchev–Trinajstić information content (AvgIpc) is 2.81. The van der Waals surface area contributed by atoms with Gasteiger partial charge in [-0.1, -0.05) is 11.6 Å². The average molecular weight is 309 g/mol. The lowest BCUT2D eigenvalue weighted by atomic mass is 10.4. The van der Waals surface area contributed by atoms with Crippen molar-refractivity contribution in [3.05, 3.63) is 39.2 Å². The number of nitrogens with one attached hydrogen (secondary N) is 1. The maximum atomic E-state index is 11.5. The summed E-state index contributed by atoms with van der Waals surface area (Å²) in [5.41, 5.74) is 1.19. The predicted octanol–water partition coefficient (Wildman–Crippen LogP) is 1.63. The highest BCUT2D eigenvalue weighted by atomic mass is 35.5. The van der Waals surface area contributed by atoms with Crippen molar-refractivity contribution in [2.24, 2.45) is 0 Å². The second kappa shape index (κ2) is 4.88. The van der Waals surface area contributed by atoms with Gasteiger partial charge in [0.15, 0.2) is 5.16 Å². The Morgan fingerprint density at radius 2 is 2.15 bits per heavy atom. The quantitative estimate of drug-likeness (QED) is 0.572. The number of rotatable bonds is 2. The lowest BCUT2D eigenvalue weighted by Gasteiger charge is -2.08. The molecule has 0 spiro atoms. The van der Waals surface area contributed by atoms with E-state index in [9.17, 15) is 4.79 Å². The van der Waals surface area contributed by atoms with Crippen LogP contribution in [0.4, 0.5) is 0 Å². The van der Waals surface area contributed by atoms with E-state index in [-0.39, 0.29) is 5.56 Å². The molecule has 1 N–H and O–H groups in total. The normalized spacial score (nSPS) is 11.2. The molecule has 0 aromatic carbocycles. The zero-order valence-corrected chi connectivity index (χ0v) is 12.2. The third-order valence-electron chi connectivity index (χ3n) is 2.59. The molecular weight excluding hydrogens is 300 g/mol. The highest BCUT2D eigenvalue weighted by Crippen LogP contribution is 2.30. The molecular formula is C11H9ClN6OS. The zero-order valence-electron chi connectivity index (χ0n) is 10.6. The largest absolute Gasteiger partial charge is 0.301 e. The predicted molar refractivity (Wildman–Crippen MR) is 74.2 cm³/mol. The third kappa shape index (κ3) is 2.27. The second-order valence-electron chi connectivity index (χ2n) is 4.10. The Labute approximate surface area is 122 Å². The summed E-state index contributed by atoms with van der Waals surface area (Å²) in [6.07, 6.45) is 1.40. The van der Waals surface area contributed by atoms with Gasteiger partial charge in [0.1, 0.15) is 16.5 Å². The first-order chi connectivity index (χ1) is 9.54. The third-order valence-corrected chi connectivity index (χ3v) is 4.02. The number of nitrogens with zero attached hydrogens (tertiary/aromatic N) is 5. The van der Waals surface area contributed by atoms with Gasteiger partial charge in [0.05, 0.1) is 0 Å². The number of halogens is 1. The van der Waals surface area contributed by atoms with E-state index in [4.69, 9.17) is 11.6 Å². The fourth-order valence-corrected chi connectivity index (χ4v) is 2.90. The van der Waals surface area contributed by atoms with Gasteiger partial charge < -0.3 is 4.98 Å². The van der Waals surface area contributed by atoms with Gasteiger partial charge in [0.2, 0.25) is 0 Å². The molecule has 0 unspecified atom stereocenters. The van der Waals surface area contributed by atoms with Crippen molar-refractivity contribution in [2.45, 2.75) is 24.0 Å². The molecule has 3 rings (SSSR count). The molecule has 0 saturated heterocycles. The van der Waals surface area contributed by atoms with Crippen molar-refractivity contribution < 1.29 is 0 Å². The molecule has 0 aliphatic heterocycles. The standard InChI is InChI=1S/C11H9ClN6OS/c1-5-3-7(19)16-11(15-5)20-9-6(2)8(12)17-10-13-4-14-18(9)10/h3-4H,1-2H3,(H,15,16,19). The van der Waals surface area contributed by atoms with Crippen LogP contribution in [0.3, 0.4) is 0 Å². The minimum atomic E-state index is -0.201. The van der Waals surface area contributed by atoms with Crippen LogP contribution in [0.5, 0.6) is 0 Å². The van der Waals surface area contributed by atoms with Gasteiger partial charge in [-0.25, -0.2) is 4.98 Å². The van der Waals surface area contributed by atoms with Crippen LogP contribution >= 0.6 is 23.4 Å². The van der Waals surface area contributed by atoms with E-state index in [0.29, 0.717) is 26.8 Å². The Morgan fingerprint density at radius 1 is 1.35 bits per heavy atom. The summed E-state index contributed by atoms with van der Waals surface area (Å²) in [4.78, 5) is 26.6. The molecule has 0 bridgehead atoms. The maximum Gasteiger partial charge on any atom is 0.254 e. The number of hydrogen-bond donors (Lipinski definition) is 1. The van der Waals surface area contributed by atoms with Crippen molar-refractivity contribution in [1.29, 1.82) is 0 Å². The molecule has 9 heteroatoms. The van der Waals surface area contributed by atoms with Crippen LogP contribution < -0.4 is 5.56 Å². The van der Waals surface area contributed by atoms with Gasteiger partial charge in [-0.15, -0.1) is 0 Å². The van der Waals surface area contributed by atoms with Crippen LogP contribution in [0.2, 0.25) is 5.15 Å². The van der Waals surface area contributed by atoms with E-state index in [2.05, 4.69) is 25.0 Å². The lowest BCUT2D eigenvalue weighted by molar-refractivity contribution is 0.817. The summed E-state index contributed by atoms with van der Waals surface area (Å²) >= 11 is 7.34. The van der Waals surface area contributed by atoms with Gasteiger partial charge in [0.25, 0.3) is 11.3 Å². The van der Waals surface area contributed by atoms with Gasteiger partial charge in [0, 0.05) is 17.3 Å². The van der Waals surface area contributed by atoms with Gasteiger partial charge in [-0.05, 0) is 25.6 Å². The molecule has 102 valence electrons. The lowest BCUT2D eigenvalue weighted by Crippen LogP contribution is -2.09. The van der Waals surface area contributed by atoms with Crippen molar-refractivity contribution >= 4 is 29.1 Å². The monoisotopic (exact) mass is 308 g/mol. The SMILES string of the molecule is Cc1cc(=O)[nH]c(Sc2c(C)c(Cl)nc3ncnn23)n1. The van der Waals surface area contributed by atoms with Crippen LogP contribution in [-0.2, 0) is 0 Å². The molecule has 0 fully saturated rings. The van der Waals surface area contributed by atoms with Crippen molar-refractivity contribution in [1.82, 2.24) is 29.5 Å². The zero-order chi connectivity index (χ0) is 14.3. The highest BCUT2D eigenvalue weighted by molar-refractivity contribution is 7.99. The Balaban J connectivity index is 2.16. The van der Waals surface area contributed by atoms with E-state index in [0.717, 1.165) is 5.56 Å². The van der Waals surface area contributed by atoms with Crippen molar-refractivity contribution in [3.8, 4) is 0 Å². The molecule has 0 saturated carbocycles. The van der Waals surface area contributed by atoms with Crippen LogP contribution in [0.25, 0.3) is 5.78 Å². The minimum absolute atomic E-state index is 0.201. The summed E-state index contributed by atoms with van der Waals surface area (Å²) in [7, 11) is 0. The van der Waals surface area contributed by atoms with Crippen LogP contribution in [-0.4, -0.2) is 29.5 Å². The highest BCUT2D eigenvalue weighted by Gasteiger charge is 2.14. The Bertz CT molecular complexity index is 858. The first kappa shape index (κ1) is 13.1. The second-order valence-corrected chi connectivity index (χ2v) is 5.43. The number of fused-ring (bicyclic) bond motifs is 1. The number of H-pyrrole nitrogens is 1. The summed E-state index contributed by atoms with van der Waals surface area (Å²) in [5, 5.41) is 5.64. The Kier molecular flexibility index (Phi) is 3.19. The van der Waals surface area contributed by atoms with Crippen LogP contribution in [0, 0.1) is 13.8 Å². The maximum absolute atomic E-state index is 11.5. The molecule has 3 aromatic heterocycles. The molecule has 0 aliphatic carbocycles. The smallest absolute Gasteiger partial charge is 0.254 e. The van der Waals surface area contributed by atoms with Crippen LogP contribution in [0.15, 0.2) is 27.4 Å². The topological polar surface area (TPSA) is 88.8 Å². The van der Waals surface area contributed by atoms with E-state index in [1.54, 1.807) is 11.4 Å². The molecule has 0 amide bonds. The van der Waals surface area contributed by atoms with E-state index in [1.165, 1.54) is 24.2 Å². The van der Waals surface area contributed by atoms with E-state index < -0.39 is 0 Å². The summed E-state index contributed by atoms with van der Waals surface area (Å²) in [6, 6.07) is 1.43. The van der Waals surface area contributed by atoms with E-state index in [1.807, 2.05) is 6.92 Å². The van der Waals surface area contributed by atoms with Gasteiger partial charge in [-0.3, -0.25) is 4.79 Å². The molecule has 0 aliphatic rings. The number of hydrogen-bond acceptors (Lipinski definition) is 6. The fraction of sp³-hybridized carbons (Fsp3) is 0.182. The molecule has 3 heterocycles. The summed E-state index contributed by atoms with van der Waals surface area (Å²) in [6.45, 7) is 3.59. The fourth-order valence-electron chi connectivity index (χ4n) is 1.68. The first-order valence-electron chi connectivity index (χ1n) is 5.66. The van der Waals surface area contributed by atoms with Gasteiger partial charge >= 0.3 is 0 Å². The summed E-state index contributed by atoms with van der Waals surface area (Å²) < 4.78 is 1.56. The Morgan fingerprint density at radius 3 is 2.90 bits per heavy atom. The van der Waals surface area contributed by atoms with Crippen molar-refractivity contribution in [2.75, 3.05) is 0 Å². The molecule has 3 aromatic rings. The number of aromatic amines is 1. The van der Waals surface area contributed by atoms with Gasteiger partial charge in [-0.2, -0.15) is 19.6 Å². The Hall–Kier alpha value is -1.93. The number of aryl methyl sites for hydroxylation is 1. The van der Waals surface area contributed by atoms with Crippen LogP contribution in [0.1, 0.15) is 11.3 Å². The van der Waals surface area contributed by atoms with E-state index >= 15 is 0 Å². The first-order valence-corrected chi connectivity index (χ1v) is 6.85. The molecule has 0 atom stereocenters. The summed E-state index contributed by atoms with van der Waals surface area (Å²) in [5.74, 6) is 0.401.